The summed E-state index contributed by atoms with van der Waals surface area (Å²) in [5.41, 5.74) is 1.34. The second-order valence-corrected chi connectivity index (χ2v) is 3.96. The van der Waals surface area contributed by atoms with Gasteiger partial charge in [-0.3, -0.25) is 4.90 Å². The Bertz CT molecular complexity index is 292. The largest absolute Gasteiger partial charge is 0.279 e. The van der Waals surface area contributed by atoms with Crippen LogP contribution in [-0.2, 0) is 6.54 Å². The van der Waals surface area contributed by atoms with Gasteiger partial charge in [0.05, 0.1) is 26.8 Å². The van der Waals surface area contributed by atoms with E-state index in [0.717, 1.165) is 6.54 Å². The lowest BCUT2D eigenvalue weighted by atomic mass is 10.2. The van der Waals surface area contributed by atoms with Crippen molar-refractivity contribution in [2.24, 2.45) is 0 Å². The fourth-order valence-electron chi connectivity index (χ4n) is 1.78. The van der Waals surface area contributed by atoms with Gasteiger partial charge in [-0.05, 0) is 25.5 Å². The van der Waals surface area contributed by atoms with Crippen molar-refractivity contribution in [2.75, 3.05) is 19.0 Å². The smallest absolute Gasteiger partial charge is 0.267 e. The standard InChI is InChI=1S/C12H21N2/c1-5-6-9-14-10-7-8-11(2)12(14)13(3)4/h7-8,10H,5-6,9H2,1-4H3/q+1. The third-order valence-corrected chi connectivity index (χ3v) is 2.41. The average molecular weight is 193 g/mol. The van der Waals surface area contributed by atoms with E-state index in [1.807, 2.05) is 0 Å². The summed E-state index contributed by atoms with van der Waals surface area (Å²) in [5.74, 6) is 1.32. The van der Waals surface area contributed by atoms with Gasteiger partial charge in [0.2, 0.25) is 0 Å². The highest BCUT2D eigenvalue weighted by molar-refractivity contribution is 5.39. The lowest BCUT2D eigenvalue weighted by Crippen LogP contribution is -2.40. The van der Waals surface area contributed by atoms with E-state index < -0.39 is 0 Å². The Morgan fingerprint density at radius 1 is 1.36 bits per heavy atom. The van der Waals surface area contributed by atoms with Crippen molar-refractivity contribution < 1.29 is 4.57 Å². The van der Waals surface area contributed by atoms with Crippen LogP contribution in [-0.4, -0.2) is 14.1 Å². The number of rotatable bonds is 4. The van der Waals surface area contributed by atoms with Gasteiger partial charge < -0.3 is 0 Å². The van der Waals surface area contributed by atoms with Crippen molar-refractivity contribution >= 4 is 5.82 Å². The molecule has 0 bridgehead atoms. The fraction of sp³-hybridized carbons (Fsp3) is 0.583. The van der Waals surface area contributed by atoms with Crippen LogP contribution < -0.4 is 9.47 Å². The molecule has 0 saturated heterocycles. The molecule has 0 aliphatic heterocycles. The molecule has 0 spiro atoms. The minimum atomic E-state index is 1.12. The van der Waals surface area contributed by atoms with Crippen LogP contribution in [0.2, 0.25) is 0 Å². The molecule has 1 rings (SSSR count). The van der Waals surface area contributed by atoms with Gasteiger partial charge in [-0.2, -0.15) is 0 Å². The number of nitrogens with zero attached hydrogens (tertiary/aromatic N) is 2. The van der Waals surface area contributed by atoms with E-state index >= 15 is 0 Å². The van der Waals surface area contributed by atoms with Crippen LogP contribution in [0.25, 0.3) is 0 Å². The van der Waals surface area contributed by atoms with E-state index in [-0.39, 0.29) is 0 Å². The Labute approximate surface area is 87.2 Å². The van der Waals surface area contributed by atoms with Crippen molar-refractivity contribution in [3.8, 4) is 0 Å². The number of unbranched alkanes of at least 4 members (excludes halogenated alkanes) is 1. The van der Waals surface area contributed by atoms with Crippen molar-refractivity contribution in [1.82, 2.24) is 0 Å². The maximum atomic E-state index is 2.33. The van der Waals surface area contributed by atoms with Crippen molar-refractivity contribution in [3.05, 3.63) is 23.9 Å². The average Bonchev–Trinajstić information content (AvgIpc) is 2.14. The van der Waals surface area contributed by atoms with Gasteiger partial charge in [0.25, 0.3) is 5.82 Å². The normalized spacial score (nSPS) is 10.3. The number of hydrogen-bond acceptors (Lipinski definition) is 1. The molecule has 0 radical (unpaired) electrons. The summed E-state index contributed by atoms with van der Waals surface area (Å²) >= 11 is 0. The molecule has 0 saturated carbocycles. The quantitative estimate of drug-likeness (QED) is 0.665. The molecule has 14 heavy (non-hydrogen) atoms. The first-order valence-electron chi connectivity index (χ1n) is 5.33. The SMILES string of the molecule is CCCC[n+]1cccc(C)c1N(C)C. The van der Waals surface area contributed by atoms with Gasteiger partial charge in [0, 0.05) is 5.56 Å². The van der Waals surface area contributed by atoms with Crippen molar-refractivity contribution in [3.63, 3.8) is 0 Å². The third-order valence-electron chi connectivity index (χ3n) is 2.41. The summed E-state index contributed by atoms with van der Waals surface area (Å²) in [6.07, 6.45) is 4.65. The third kappa shape index (κ3) is 2.47. The molecule has 0 amide bonds. The molecule has 0 fully saturated rings. The Morgan fingerprint density at radius 3 is 2.64 bits per heavy atom. The highest BCUT2D eigenvalue weighted by Gasteiger charge is 2.13. The van der Waals surface area contributed by atoms with Crippen LogP contribution in [0.5, 0.6) is 0 Å². The molecule has 0 aliphatic carbocycles. The molecule has 0 aliphatic rings. The second-order valence-electron chi connectivity index (χ2n) is 3.96. The lowest BCUT2D eigenvalue weighted by Gasteiger charge is -2.12. The molecule has 78 valence electrons. The van der Waals surface area contributed by atoms with Gasteiger partial charge in [-0.25, -0.2) is 4.57 Å². The van der Waals surface area contributed by atoms with E-state index in [0.29, 0.717) is 0 Å². The maximum Gasteiger partial charge on any atom is 0.279 e. The molecule has 1 aromatic rings. The Kier molecular flexibility index (Phi) is 3.93. The van der Waals surface area contributed by atoms with Gasteiger partial charge in [0.15, 0.2) is 0 Å². The fourth-order valence-corrected chi connectivity index (χ4v) is 1.78. The van der Waals surface area contributed by atoms with Crippen LogP contribution in [0.3, 0.4) is 0 Å². The van der Waals surface area contributed by atoms with Gasteiger partial charge in [0.1, 0.15) is 0 Å². The summed E-state index contributed by atoms with van der Waals surface area (Å²) in [5, 5.41) is 0. The zero-order valence-electron chi connectivity index (χ0n) is 9.75. The molecule has 2 nitrogen and oxygen atoms in total. The number of aromatic nitrogens is 1. The first-order valence-corrected chi connectivity index (χ1v) is 5.33. The molecule has 0 aromatic carbocycles. The molecule has 1 aromatic heterocycles. The van der Waals surface area contributed by atoms with Gasteiger partial charge in [-0.15, -0.1) is 0 Å². The molecule has 0 N–H and O–H groups in total. The monoisotopic (exact) mass is 193 g/mol. The van der Waals surface area contributed by atoms with Gasteiger partial charge >= 0.3 is 0 Å². The highest BCUT2D eigenvalue weighted by Crippen LogP contribution is 2.11. The van der Waals surface area contributed by atoms with Crippen LogP contribution >= 0.6 is 0 Å². The summed E-state index contributed by atoms with van der Waals surface area (Å²) in [6, 6.07) is 4.29. The van der Waals surface area contributed by atoms with Crippen LogP contribution in [0.4, 0.5) is 5.82 Å². The van der Waals surface area contributed by atoms with Gasteiger partial charge in [-0.1, -0.05) is 13.3 Å². The summed E-state index contributed by atoms with van der Waals surface area (Å²) in [4.78, 5) is 2.19. The minimum absolute atomic E-state index is 1.12. The first kappa shape index (κ1) is 11.0. The maximum absolute atomic E-state index is 2.33. The summed E-state index contributed by atoms with van der Waals surface area (Å²) in [6.45, 7) is 5.51. The Morgan fingerprint density at radius 2 is 2.07 bits per heavy atom. The lowest BCUT2D eigenvalue weighted by molar-refractivity contribution is -0.685. The number of pyridine rings is 1. The predicted octanol–water partition coefficient (Wildman–Crippen LogP) is 2.15. The zero-order valence-corrected chi connectivity index (χ0v) is 9.75. The van der Waals surface area contributed by atoms with Crippen molar-refractivity contribution in [2.45, 2.75) is 33.2 Å². The van der Waals surface area contributed by atoms with Crippen LogP contribution in [0.1, 0.15) is 25.3 Å². The van der Waals surface area contributed by atoms with E-state index in [2.05, 4.69) is 55.7 Å². The highest BCUT2D eigenvalue weighted by atomic mass is 15.2. The first-order chi connectivity index (χ1) is 6.66. The van der Waals surface area contributed by atoms with Crippen molar-refractivity contribution in [1.29, 1.82) is 0 Å². The number of anilines is 1. The van der Waals surface area contributed by atoms with E-state index in [4.69, 9.17) is 0 Å². The second kappa shape index (κ2) is 4.99. The van der Waals surface area contributed by atoms with E-state index in [9.17, 15) is 0 Å². The zero-order chi connectivity index (χ0) is 10.6. The summed E-state index contributed by atoms with van der Waals surface area (Å²) < 4.78 is 2.33. The Balaban J connectivity index is 2.96. The van der Waals surface area contributed by atoms with E-state index in [1.165, 1.54) is 24.2 Å². The topological polar surface area (TPSA) is 7.12 Å². The number of hydrogen-bond donors (Lipinski definition) is 0. The van der Waals surface area contributed by atoms with Crippen LogP contribution in [0.15, 0.2) is 18.3 Å². The molecular weight excluding hydrogens is 172 g/mol. The molecule has 2 heteroatoms. The molecule has 1 heterocycles. The molecule has 0 unspecified atom stereocenters. The van der Waals surface area contributed by atoms with Crippen LogP contribution in [0, 0.1) is 6.92 Å². The minimum Gasteiger partial charge on any atom is -0.267 e. The number of aryl methyl sites for hydroxylation is 2. The molecule has 0 atom stereocenters. The molecular formula is C12H21N2+. The predicted molar refractivity (Wildman–Crippen MR) is 60.6 cm³/mol. The summed E-state index contributed by atoms with van der Waals surface area (Å²) in [7, 11) is 4.20. The van der Waals surface area contributed by atoms with E-state index in [1.54, 1.807) is 0 Å². The Hall–Kier alpha value is -1.05.